The topological polar surface area (TPSA) is 23.5 Å². The quantitative estimate of drug-likeness (QED) is 0.829. The van der Waals surface area contributed by atoms with E-state index in [0.717, 1.165) is 19.1 Å². The molecule has 0 aromatic rings. The third kappa shape index (κ3) is 3.08. The van der Waals surface area contributed by atoms with Crippen molar-refractivity contribution < 1.29 is 5.11 Å². The normalized spacial score (nSPS) is 33.2. The minimum Gasteiger partial charge on any atom is -0.392 e. The fraction of sp³-hybridized carbons (Fsp3) is 1.00. The first-order valence-corrected chi connectivity index (χ1v) is 7.96. The summed E-state index contributed by atoms with van der Waals surface area (Å²) in [6, 6.07) is 0.798. The number of aliphatic hydroxyl groups excluding tert-OH is 1. The van der Waals surface area contributed by atoms with Crippen molar-refractivity contribution in [3.05, 3.63) is 0 Å². The highest BCUT2D eigenvalue weighted by molar-refractivity contribution is 4.90. The molecule has 0 bridgehead atoms. The second-order valence-corrected chi connectivity index (χ2v) is 7.11. The molecule has 0 amide bonds. The molecule has 2 heteroatoms. The highest BCUT2D eigenvalue weighted by Gasteiger charge is 2.38. The lowest BCUT2D eigenvalue weighted by atomic mass is 9.69. The molecular formula is C16H31NO. The lowest BCUT2D eigenvalue weighted by molar-refractivity contribution is -0.0461. The van der Waals surface area contributed by atoms with Gasteiger partial charge < -0.3 is 10.0 Å². The SMILES string of the molecule is CCN(CC1CCCC(C)(C)C1O)C1CCCC1. The van der Waals surface area contributed by atoms with Gasteiger partial charge in [0.15, 0.2) is 0 Å². The van der Waals surface area contributed by atoms with Crippen LogP contribution in [0.4, 0.5) is 0 Å². The van der Waals surface area contributed by atoms with Crippen LogP contribution >= 0.6 is 0 Å². The monoisotopic (exact) mass is 253 g/mol. The molecule has 18 heavy (non-hydrogen) atoms. The van der Waals surface area contributed by atoms with E-state index in [-0.39, 0.29) is 11.5 Å². The van der Waals surface area contributed by atoms with Gasteiger partial charge in [-0.3, -0.25) is 0 Å². The van der Waals surface area contributed by atoms with E-state index in [0.29, 0.717) is 5.92 Å². The van der Waals surface area contributed by atoms with Gasteiger partial charge >= 0.3 is 0 Å². The van der Waals surface area contributed by atoms with Gasteiger partial charge in [0.25, 0.3) is 0 Å². The number of rotatable bonds is 4. The van der Waals surface area contributed by atoms with Crippen LogP contribution in [0.15, 0.2) is 0 Å². The first-order valence-electron chi connectivity index (χ1n) is 7.96. The van der Waals surface area contributed by atoms with Crippen LogP contribution in [0.3, 0.4) is 0 Å². The molecule has 0 spiro atoms. The number of nitrogens with zero attached hydrogens (tertiary/aromatic N) is 1. The largest absolute Gasteiger partial charge is 0.392 e. The summed E-state index contributed by atoms with van der Waals surface area (Å²) in [5, 5.41) is 10.6. The van der Waals surface area contributed by atoms with Gasteiger partial charge in [-0.05, 0) is 43.6 Å². The molecule has 2 unspecified atom stereocenters. The number of aliphatic hydroxyl groups is 1. The Morgan fingerprint density at radius 1 is 1.11 bits per heavy atom. The molecule has 106 valence electrons. The van der Waals surface area contributed by atoms with Crippen molar-refractivity contribution in [1.29, 1.82) is 0 Å². The molecular weight excluding hydrogens is 222 g/mol. The summed E-state index contributed by atoms with van der Waals surface area (Å²) in [5.41, 5.74) is 0.123. The minimum absolute atomic E-state index is 0.110. The Labute approximate surface area is 113 Å². The number of hydrogen-bond donors (Lipinski definition) is 1. The standard InChI is InChI=1S/C16H31NO/c1-4-17(14-9-5-6-10-14)12-13-8-7-11-16(2,3)15(13)18/h13-15,18H,4-12H2,1-3H3. The summed E-state index contributed by atoms with van der Waals surface area (Å²) in [6.07, 6.45) is 9.13. The first kappa shape index (κ1) is 14.3. The first-order chi connectivity index (χ1) is 8.54. The summed E-state index contributed by atoms with van der Waals surface area (Å²) in [6.45, 7) is 9.00. The minimum atomic E-state index is -0.110. The molecule has 2 aliphatic rings. The predicted molar refractivity (Wildman–Crippen MR) is 76.6 cm³/mol. The summed E-state index contributed by atoms with van der Waals surface area (Å²) in [4.78, 5) is 2.64. The maximum atomic E-state index is 10.6. The van der Waals surface area contributed by atoms with Gasteiger partial charge in [0.05, 0.1) is 6.10 Å². The van der Waals surface area contributed by atoms with E-state index in [1.165, 1.54) is 44.9 Å². The van der Waals surface area contributed by atoms with Gasteiger partial charge in [-0.25, -0.2) is 0 Å². The van der Waals surface area contributed by atoms with Crippen molar-refractivity contribution in [3.63, 3.8) is 0 Å². The average molecular weight is 253 g/mol. The summed E-state index contributed by atoms with van der Waals surface area (Å²) >= 11 is 0. The van der Waals surface area contributed by atoms with Crippen LogP contribution in [0.5, 0.6) is 0 Å². The zero-order valence-corrected chi connectivity index (χ0v) is 12.5. The zero-order chi connectivity index (χ0) is 13.2. The van der Waals surface area contributed by atoms with Crippen LogP contribution < -0.4 is 0 Å². The molecule has 0 saturated heterocycles. The Kier molecular flexibility index (Phi) is 4.71. The zero-order valence-electron chi connectivity index (χ0n) is 12.5. The van der Waals surface area contributed by atoms with Crippen LogP contribution in [0, 0.1) is 11.3 Å². The van der Waals surface area contributed by atoms with E-state index in [2.05, 4.69) is 25.7 Å². The lowest BCUT2D eigenvalue weighted by Gasteiger charge is -2.43. The van der Waals surface area contributed by atoms with Crippen LogP contribution in [0.1, 0.15) is 65.7 Å². The number of hydrogen-bond acceptors (Lipinski definition) is 2. The van der Waals surface area contributed by atoms with E-state index in [9.17, 15) is 5.11 Å². The molecule has 0 aromatic heterocycles. The summed E-state index contributed by atoms with van der Waals surface area (Å²) < 4.78 is 0. The van der Waals surface area contributed by atoms with Crippen molar-refractivity contribution in [2.24, 2.45) is 11.3 Å². The van der Waals surface area contributed by atoms with E-state index < -0.39 is 0 Å². The van der Waals surface area contributed by atoms with Gasteiger partial charge in [0, 0.05) is 12.6 Å². The van der Waals surface area contributed by atoms with Crippen molar-refractivity contribution in [2.75, 3.05) is 13.1 Å². The van der Waals surface area contributed by atoms with Crippen molar-refractivity contribution in [1.82, 2.24) is 4.90 Å². The summed E-state index contributed by atoms with van der Waals surface area (Å²) in [7, 11) is 0. The van der Waals surface area contributed by atoms with E-state index in [1.54, 1.807) is 0 Å². The third-order valence-corrected chi connectivity index (χ3v) is 5.36. The molecule has 0 aromatic carbocycles. The van der Waals surface area contributed by atoms with Crippen molar-refractivity contribution >= 4 is 0 Å². The Morgan fingerprint density at radius 2 is 1.78 bits per heavy atom. The van der Waals surface area contributed by atoms with Gasteiger partial charge in [0.2, 0.25) is 0 Å². The Balaban J connectivity index is 1.94. The van der Waals surface area contributed by atoms with Gasteiger partial charge in [-0.1, -0.05) is 40.0 Å². The second-order valence-electron chi connectivity index (χ2n) is 7.11. The molecule has 2 rings (SSSR count). The predicted octanol–water partition coefficient (Wildman–Crippen LogP) is 3.44. The molecule has 1 N–H and O–H groups in total. The highest BCUT2D eigenvalue weighted by atomic mass is 16.3. The van der Waals surface area contributed by atoms with Crippen LogP contribution in [-0.2, 0) is 0 Å². The molecule has 0 heterocycles. The highest BCUT2D eigenvalue weighted by Crippen LogP contribution is 2.39. The Morgan fingerprint density at radius 3 is 2.39 bits per heavy atom. The van der Waals surface area contributed by atoms with Crippen LogP contribution in [0.2, 0.25) is 0 Å². The lowest BCUT2D eigenvalue weighted by Crippen LogP contribution is -2.47. The molecule has 2 saturated carbocycles. The third-order valence-electron chi connectivity index (χ3n) is 5.36. The van der Waals surface area contributed by atoms with E-state index in [4.69, 9.17) is 0 Å². The molecule has 2 aliphatic carbocycles. The molecule has 2 fully saturated rings. The van der Waals surface area contributed by atoms with Crippen molar-refractivity contribution in [2.45, 2.75) is 77.9 Å². The maximum absolute atomic E-state index is 10.6. The van der Waals surface area contributed by atoms with Crippen LogP contribution in [-0.4, -0.2) is 35.2 Å². The Hall–Kier alpha value is -0.0800. The van der Waals surface area contributed by atoms with Crippen molar-refractivity contribution in [3.8, 4) is 0 Å². The summed E-state index contributed by atoms with van der Waals surface area (Å²) in [5.74, 6) is 0.495. The molecule has 0 aliphatic heterocycles. The molecule has 2 atom stereocenters. The van der Waals surface area contributed by atoms with E-state index in [1.807, 2.05) is 0 Å². The van der Waals surface area contributed by atoms with Gasteiger partial charge in [0.1, 0.15) is 0 Å². The average Bonchev–Trinajstić information content (AvgIpc) is 2.84. The second kappa shape index (κ2) is 5.92. The van der Waals surface area contributed by atoms with Crippen LogP contribution in [0.25, 0.3) is 0 Å². The van der Waals surface area contributed by atoms with Gasteiger partial charge in [-0.15, -0.1) is 0 Å². The van der Waals surface area contributed by atoms with E-state index >= 15 is 0 Å². The maximum Gasteiger partial charge on any atom is 0.0631 e. The molecule has 2 nitrogen and oxygen atoms in total. The fourth-order valence-corrected chi connectivity index (χ4v) is 4.06. The van der Waals surface area contributed by atoms with Gasteiger partial charge in [-0.2, -0.15) is 0 Å². The Bertz CT molecular complexity index is 258. The fourth-order valence-electron chi connectivity index (χ4n) is 4.06. The smallest absolute Gasteiger partial charge is 0.0631 e. The molecule has 0 radical (unpaired) electrons.